The van der Waals surface area contributed by atoms with Crippen molar-refractivity contribution in [3.8, 4) is 0 Å². The maximum absolute atomic E-state index is 11.6. The largest absolute Gasteiger partial charge is 0.299 e. The van der Waals surface area contributed by atoms with E-state index in [1.165, 1.54) is 0 Å². The van der Waals surface area contributed by atoms with Crippen LogP contribution in [0.15, 0.2) is 24.4 Å². The lowest BCUT2D eigenvalue weighted by molar-refractivity contribution is -0.125. The van der Waals surface area contributed by atoms with Crippen LogP contribution in [0.5, 0.6) is 0 Å². The zero-order valence-electron chi connectivity index (χ0n) is 9.28. The second-order valence-corrected chi connectivity index (χ2v) is 4.49. The van der Waals surface area contributed by atoms with Crippen molar-refractivity contribution in [1.82, 2.24) is 4.98 Å². The SMILES string of the molecule is CC(C)(C)C(=O)CC(=O)c1ccccn1. The van der Waals surface area contributed by atoms with E-state index in [0.717, 1.165) is 0 Å². The predicted molar refractivity (Wildman–Crippen MR) is 57.6 cm³/mol. The fourth-order valence-electron chi connectivity index (χ4n) is 1.03. The maximum atomic E-state index is 11.6. The number of carbonyl (C=O) groups excluding carboxylic acids is 2. The summed E-state index contributed by atoms with van der Waals surface area (Å²) >= 11 is 0. The van der Waals surface area contributed by atoms with Crippen LogP contribution in [0.1, 0.15) is 37.7 Å². The van der Waals surface area contributed by atoms with E-state index in [0.29, 0.717) is 5.69 Å². The van der Waals surface area contributed by atoms with Gasteiger partial charge in [0.05, 0.1) is 6.42 Å². The summed E-state index contributed by atoms with van der Waals surface area (Å²) in [5.41, 5.74) is -0.111. The van der Waals surface area contributed by atoms with Crippen LogP contribution in [0, 0.1) is 5.41 Å². The van der Waals surface area contributed by atoms with E-state index in [2.05, 4.69) is 4.98 Å². The molecule has 1 aromatic heterocycles. The van der Waals surface area contributed by atoms with Crippen molar-refractivity contribution in [2.45, 2.75) is 27.2 Å². The lowest BCUT2D eigenvalue weighted by Gasteiger charge is -2.15. The first-order valence-electron chi connectivity index (χ1n) is 4.89. The summed E-state index contributed by atoms with van der Waals surface area (Å²) in [6.45, 7) is 5.42. The van der Waals surface area contributed by atoms with Crippen molar-refractivity contribution >= 4 is 11.6 Å². The molecule has 0 bridgehead atoms. The van der Waals surface area contributed by atoms with Gasteiger partial charge in [-0.2, -0.15) is 0 Å². The Morgan fingerprint density at radius 3 is 2.40 bits per heavy atom. The Kier molecular flexibility index (Phi) is 3.35. The topological polar surface area (TPSA) is 47.0 Å². The molecule has 0 aliphatic carbocycles. The second kappa shape index (κ2) is 4.34. The Balaban J connectivity index is 2.70. The third kappa shape index (κ3) is 3.27. The third-order valence-corrected chi connectivity index (χ3v) is 2.11. The molecule has 0 amide bonds. The van der Waals surface area contributed by atoms with Gasteiger partial charge in [-0.1, -0.05) is 26.8 Å². The van der Waals surface area contributed by atoms with Crippen molar-refractivity contribution in [1.29, 1.82) is 0 Å². The molecule has 0 aliphatic rings. The summed E-state index contributed by atoms with van der Waals surface area (Å²) in [5, 5.41) is 0. The molecule has 1 heterocycles. The lowest BCUT2D eigenvalue weighted by atomic mass is 9.87. The second-order valence-electron chi connectivity index (χ2n) is 4.49. The normalized spacial score (nSPS) is 11.1. The van der Waals surface area contributed by atoms with Crippen LogP contribution in [0.3, 0.4) is 0 Å². The zero-order chi connectivity index (χ0) is 11.5. The van der Waals surface area contributed by atoms with Gasteiger partial charge in [-0.05, 0) is 12.1 Å². The van der Waals surface area contributed by atoms with Crippen molar-refractivity contribution in [2.75, 3.05) is 0 Å². The molecule has 1 rings (SSSR count). The molecule has 0 unspecified atom stereocenters. The molecule has 0 aliphatic heterocycles. The van der Waals surface area contributed by atoms with Gasteiger partial charge in [-0.25, -0.2) is 0 Å². The van der Waals surface area contributed by atoms with Gasteiger partial charge in [-0.15, -0.1) is 0 Å². The Labute approximate surface area is 89.5 Å². The highest BCUT2D eigenvalue weighted by molar-refractivity contribution is 6.08. The van der Waals surface area contributed by atoms with Crippen LogP contribution in [0.2, 0.25) is 0 Å². The number of nitrogens with zero attached hydrogens (tertiary/aromatic N) is 1. The van der Waals surface area contributed by atoms with Gasteiger partial charge in [0.15, 0.2) is 5.78 Å². The Hall–Kier alpha value is -1.51. The fourth-order valence-corrected chi connectivity index (χ4v) is 1.03. The Bertz CT molecular complexity index is 363. The maximum Gasteiger partial charge on any atom is 0.188 e. The minimum atomic E-state index is -0.468. The summed E-state index contributed by atoms with van der Waals surface area (Å²) in [6.07, 6.45) is 1.48. The Morgan fingerprint density at radius 2 is 1.93 bits per heavy atom. The number of aromatic nitrogens is 1. The number of hydrogen-bond donors (Lipinski definition) is 0. The summed E-state index contributed by atoms with van der Waals surface area (Å²) < 4.78 is 0. The molecule has 0 N–H and O–H groups in total. The number of pyridine rings is 1. The summed E-state index contributed by atoms with van der Waals surface area (Å²) in [6, 6.07) is 5.10. The van der Waals surface area contributed by atoms with Gasteiger partial charge < -0.3 is 0 Å². The molecule has 0 aromatic carbocycles. The minimum Gasteiger partial charge on any atom is -0.299 e. The Morgan fingerprint density at radius 1 is 1.27 bits per heavy atom. The van der Waals surface area contributed by atoms with Gasteiger partial charge in [0.2, 0.25) is 0 Å². The molecular formula is C12H15NO2. The quantitative estimate of drug-likeness (QED) is 0.561. The third-order valence-electron chi connectivity index (χ3n) is 2.11. The van der Waals surface area contributed by atoms with Gasteiger partial charge in [0.1, 0.15) is 11.5 Å². The average molecular weight is 205 g/mol. The van der Waals surface area contributed by atoms with Crippen LogP contribution < -0.4 is 0 Å². The lowest BCUT2D eigenvalue weighted by Crippen LogP contribution is -2.23. The standard InChI is InChI=1S/C12H15NO2/c1-12(2,3)11(15)8-10(14)9-6-4-5-7-13-9/h4-7H,8H2,1-3H3. The van der Waals surface area contributed by atoms with Crippen molar-refractivity contribution < 1.29 is 9.59 Å². The fraction of sp³-hybridized carbons (Fsp3) is 0.417. The van der Waals surface area contributed by atoms with Crippen LogP contribution in [0.25, 0.3) is 0 Å². The van der Waals surface area contributed by atoms with E-state index in [1.54, 1.807) is 45.2 Å². The average Bonchev–Trinajstić information content (AvgIpc) is 2.17. The monoisotopic (exact) mass is 205 g/mol. The molecule has 80 valence electrons. The van der Waals surface area contributed by atoms with Gasteiger partial charge in [-0.3, -0.25) is 14.6 Å². The first kappa shape index (κ1) is 11.6. The summed E-state index contributed by atoms with van der Waals surface area (Å²) in [7, 11) is 0. The van der Waals surface area contributed by atoms with Gasteiger partial charge >= 0.3 is 0 Å². The van der Waals surface area contributed by atoms with Crippen LogP contribution >= 0.6 is 0 Å². The van der Waals surface area contributed by atoms with E-state index < -0.39 is 5.41 Å². The van der Waals surface area contributed by atoms with E-state index in [9.17, 15) is 9.59 Å². The molecule has 1 aromatic rings. The van der Waals surface area contributed by atoms with Crippen LogP contribution in [0.4, 0.5) is 0 Å². The molecule has 3 nitrogen and oxygen atoms in total. The summed E-state index contributed by atoms with van der Waals surface area (Å²) in [5.74, 6) is -0.270. The van der Waals surface area contributed by atoms with E-state index in [1.807, 2.05) is 0 Å². The highest BCUT2D eigenvalue weighted by Gasteiger charge is 2.24. The molecule has 15 heavy (non-hydrogen) atoms. The van der Waals surface area contributed by atoms with Gasteiger partial charge in [0, 0.05) is 11.6 Å². The molecule has 3 heteroatoms. The smallest absolute Gasteiger partial charge is 0.188 e. The minimum absolute atomic E-state index is 0.0573. The molecule has 0 spiro atoms. The molecule has 0 saturated carbocycles. The first-order chi connectivity index (χ1) is 6.91. The van der Waals surface area contributed by atoms with E-state index >= 15 is 0 Å². The number of Topliss-reactive ketones (excluding diaryl/α,β-unsaturated/α-hetero) is 2. The van der Waals surface area contributed by atoms with Crippen LogP contribution in [-0.2, 0) is 4.79 Å². The number of rotatable bonds is 3. The van der Waals surface area contributed by atoms with Crippen molar-refractivity contribution in [3.63, 3.8) is 0 Å². The molecular weight excluding hydrogens is 190 g/mol. The highest BCUT2D eigenvalue weighted by Crippen LogP contribution is 2.17. The van der Waals surface area contributed by atoms with Crippen LogP contribution in [-0.4, -0.2) is 16.6 Å². The number of hydrogen-bond acceptors (Lipinski definition) is 3. The van der Waals surface area contributed by atoms with E-state index in [-0.39, 0.29) is 18.0 Å². The molecule has 0 fully saturated rings. The zero-order valence-corrected chi connectivity index (χ0v) is 9.28. The molecule has 0 saturated heterocycles. The molecule has 0 radical (unpaired) electrons. The predicted octanol–water partition coefficient (Wildman–Crippen LogP) is 2.27. The number of ketones is 2. The van der Waals surface area contributed by atoms with Gasteiger partial charge in [0.25, 0.3) is 0 Å². The first-order valence-corrected chi connectivity index (χ1v) is 4.89. The van der Waals surface area contributed by atoms with Crippen molar-refractivity contribution in [2.24, 2.45) is 5.41 Å². The summed E-state index contributed by atoms with van der Waals surface area (Å²) in [4.78, 5) is 27.1. The number of carbonyl (C=O) groups is 2. The van der Waals surface area contributed by atoms with Crippen molar-refractivity contribution in [3.05, 3.63) is 30.1 Å². The highest BCUT2D eigenvalue weighted by atomic mass is 16.1. The van der Waals surface area contributed by atoms with E-state index in [4.69, 9.17) is 0 Å². The molecule has 0 atom stereocenters.